The number of nitro groups is 3. The second-order valence-electron chi connectivity index (χ2n) is 4.59. The van der Waals surface area contributed by atoms with Gasteiger partial charge in [-0.15, -0.1) is 0 Å². The Hall–Kier alpha value is -3.60. The van der Waals surface area contributed by atoms with Crippen molar-refractivity contribution in [3.05, 3.63) is 77.3 Å². The molecule has 1 amide bonds. The minimum absolute atomic E-state index is 0.00934. The first-order valence-corrected chi connectivity index (χ1v) is 6.76. The van der Waals surface area contributed by atoms with E-state index in [1.54, 1.807) is 0 Å². The van der Waals surface area contributed by atoms with E-state index in [-0.39, 0.29) is 16.4 Å². The van der Waals surface area contributed by atoms with Gasteiger partial charge in [0, 0.05) is 18.2 Å². The van der Waals surface area contributed by atoms with Gasteiger partial charge in [-0.25, -0.2) is 0 Å². The largest absolute Gasteiger partial charge is 0.320 e. The molecule has 0 fully saturated rings. The van der Waals surface area contributed by atoms with Crippen LogP contribution in [0.15, 0.2) is 36.4 Å². The number of carbonyl (C=O) groups is 1. The SMILES string of the molecule is O=C(Nc1ccc([N+](=O)[O-])cc1Cl)c1ccc([N+](=O)[O-])cc1[N+](=O)[O-]. The quantitative estimate of drug-likeness (QED) is 0.627. The highest BCUT2D eigenvalue weighted by Gasteiger charge is 2.24. The predicted octanol–water partition coefficient (Wildman–Crippen LogP) is 3.32. The summed E-state index contributed by atoms with van der Waals surface area (Å²) in [5, 5.41) is 34.5. The smallest absolute Gasteiger partial charge is 0.289 e. The Labute approximate surface area is 143 Å². The first-order valence-electron chi connectivity index (χ1n) is 6.39. The topological polar surface area (TPSA) is 159 Å². The molecule has 128 valence electrons. The molecule has 25 heavy (non-hydrogen) atoms. The van der Waals surface area contributed by atoms with E-state index in [1.165, 1.54) is 0 Å². The van der Waals surface area contributed by atoms with Crippen molar-refractivity contribution in [2.45, 2.75) is 0 Å². The number of halogens is 1. The van der Waals surface area contributed by atoms with Crippen molar-refractivity contribution in [1.29, 1.82) is 0 Å². The number of benzene rings is 2. The van der Waals surface area contributed by atoms with Crippen LogP contribution in [0.25, 0.3) is 0 Å². The second-order valence-corrected chi connectivity index (χ2v) is 5.00. The maximum atomic E-state index is 12.2. The number of amides is 1. The molecule has 0 atom stereocenters. The van der Waals surface area contributed by atoms with Crippen LogP contribution in [0.4, 0.5) is 22.7 Å². The molecule has 12 heteroatoms. The average Bonchev–Trinajstić information content (AvgIpc) is 2.55. The Morgan fingerprint density at radius 3 is 1.96 bits per heavy atom. The Morgan fingerprint density at radius 1 is 0.880 bits per heavy atom. The number of hydrogen-bond acceptors (Lipinski definition) is 7. The molecule has 0 heterocycles. The summed E-state index contributed by atoms with van der Waals surface area (Å²) in [5.41, 5.74) is -2.04. The second kappa shape index (κ2) is 6.88. The standard InChI is InChI=1S/C13H7ClN4O7/c14-10-5-7(16(20)21)2-4-11(10)15-13(19)9-3-1-8(17(22)23)6-12(9)18(24)25/h1-6H,(H,15,19). The summed E-state index contributed by atoms with van der Waals surface area (Å²) >= 11 is 5.83. The molecular weight excluding hydrogens is 360 g/mol. The number of non-ortho nitro benzene ring substituents is 2. The van der Waals surface area contributed by atoms with Gasteiger partial charge in [-0.1, -0.05) is 11.6 Å². The van der Waals surface area contributed by atoms with Crippen LogP contribution < -0.4 is 5.32 Å². The van der Waals surface area contributed by atoms with Gasteiger partial charge >= 0.3 is 0 Å². The number of nitro benzene ring substituents is 3. The van der Waals surface area contributed by atoms with E-state index in [1.807, 2.05) is 0 Å². The molecule has 2 aromatic rings. The zero-order valence-electron chi connectivity index (χ0n) is 12.0. The van der Waals surface area contributed by atoms with Crippen LogP contribution in [0.2, 0.25) is 5.02 Å². The Morgan fingerprint density at radius 2 is 1.44 bits per heavy atom. The minimum atomic E-state index is -0.947. The number of nitrogens with one attached hydrogen (secondary N) is 1. The number of nitrogens with zero attached hydrogens (tertiary/aromatic N) is 3. The molecule has 0 saturated carbocycles. The van der Waals surface area contributed by atoms with Crippen LogP contribution in [0.1, 0.15) is 10.4 Å². The fourth-order valence-corrected chi connectivity index (χ4v) is 2.11. The highest BCUT2D eigenvalue weighted by molar-refractivity contribution is 6.34. The van der Waals surface area contributed by atoms with Crippen molar-refractivity contribution in [3.8, 4) is 0 Å². The summed E-state index contributed by atoms with van der Waals surface area (Å²) < 4.78 is 0. The summed E-state index contributed by atoms with van der Waals surface area (Å²) in [5.74, 6) is -0.947. The third kappa shape index (κ3) is 3.84. The zero-order chi connectivity index (χ0) is 18.7. The van der Waals surface area contributed by atoms with Gasteiger partial charge in [-0.2, -0.15) is 0 Å². The van der Waals surface area contributed by atoms with Gasteiger partial charge in [-0.05, 0) is 12.1 Å². The van der Waals surface area contributed by atoms with Crippen LogP contribution in [-0.4, -0.2) is 20.7 Å². The molecule has 0 radical (unpaired) electrons. The molecule has 0 aliphatic rings. The van der Waals surface area contributed by atoms with Crippen LogP contribution in [0.3, 0.4) is 0 Å². The fourth-order valence-electron chi connectivity index (χ4n) is 1.89. The Balaban J connectivity index is 2.37. The van der Waals surface area contributed by atoms with Crippen molar-refractivity contribution >= 4 is 40.3 Å². The zero-order valence-corrected chi connectivity index (χ0v) is 12.8. The normalized spacial score (nSPS) is 10.1. The van der Waals surface area contributed by atoms with E-state index < -0.39 is 37.6 Å². The number of anilines is 1. The van der Waals surface area contributed by atoms with Gasteiger partial charge in [0.15, 0.2) is 0 Å². The van der Waals surface area contributed by atoms with Gasteiger partial charge in [0.05, 0.1) is 31.5 Å². The van der Waals surface area contributed by atoms with Crippen LogP contribution in [0.5, 0.6) is 0 Å². The van der Waals surface area contributed by atoms with E-state index in [0.29, 0.717) is 6.07 Å². The van der Waals surface area contributed by atoms with Gasteiger partial charge in [0.2, 0.25) is 0 Å². The summed E-state index contributed by atoms with van der Waals surface area (Å²) in [4.78, 5) is 42.1. The summed E-state index contributed by atoms with van der Waals surface area (Å²) in [6, 6.07) is 5.79. The van der Waals surface area contributed by atoms with Crippen LogP contribution in [-0.2, 0) is 0 Å². The predicted molar refractivity (Wildman–Crippen MR) is 85.8 cm³/mol. The highest BCUT2D eigenvalue weighted by Crippen LogP contribution is 2.29. The monoisotopic (exact) mass is 366 g/mol. The van der Waals surface area contributed by atoms with E-state index in [4.69, 9.17) is 11.6 Å². The van der Waals surface area contributed by atoms with E-state index in [9.17, 15) is 35.1 Å². The molecule has 0 spiro atoms. The fraction of sp³-hybridized carbons (Fsp3) is 0. The Bertz CT molecular complexity index is 915. The molecule has 2 aromatic carbocycles. The molecule has 0 aromatic heterocycles. The van der Waals surface area contributed by atoms with Crippen molar-refractivity contribution in [1.82, 2.24) is 0 Å². The van der Waals surface area contributed by atoms with Crippen molar-refractivity contribution < 1.29 is 19.6 Å². The lowest BCUT2D eigenvalue weighted by Crippen LogP contribution is -2.14. The Kier molecular flexibility index (Phi) is 4.89. The molecule has 1 N–H and O–H groups in total. The first kappa shape index (κ1) is 17.7. The molecule has 0 aliphatic carbocycles. The van der Waals surface area contributed by atoms with Crippen molar-refractivity contribution in [2.24, 2.45) is 0 Å². The van der Waals surface area contributed by atoms with Crippen molar-refractivity contribution in [3.63, 3.8) is 0 Å². The maximum Gasteiger partial charge on any atom is 0.289 e. The first-order chi connectivity index (χ1) is 11.7. The van der Waals surface area contributed by atoms with Crippen molar-refractivity contribution in [2.75, 3.05) is 5.32 Å². The molecule has 0 unspecified atom stereocenters. The number of rotatable bonds is 5. The average molecular weight is 367 g/mol. The summed E-state index contributed by atoms with van der Waals surface area (Å²) in [6.07, 6.45) is 0. The van der Waals surface area contributed by atoms with Crippen LogP contribution >= 0.6 is 11.6 Å². The van der Waals surface area contributed by atoms with Gasteiger partial charge in [-0.3, -0.25) is 35.1 Å². The molecule has 0 saturated heterocycles. The van der Waals surface area contributed by atoms with Gasteiger partial charge < -0.3 is 5.32 Å². The lowest BCUT2D eigenvalue weighted by Gasteiger charge is -2.07. The van der Waals surface area contributed by atoms with Gasteiger partial charge in [0.1, 0.15) is 5.56 Å². The molecule has 0 aliphatic heterocycles. The third-order valence-electron chi connectivity index (χ3n) is 3.05. The molecular formula is C13H7ClN4O7. The minimum Gasteiger partial charge on any atom is -0.320 e. The van der Waals surface area contributed by atoms with E-state index >= 15 is 0 Å². The van der Waals surface area contributed by atoms with Crippen LogP contribution in [0, 0.1) is 30.3 Å². The third-order valence-corrected chi connectivity index (χ3v) is 3.36. The summed E-state index contributed by atoms with van der Waals surface area (Å²) in [7, 11) is 0. The van der Waals surface area contributed by atoms with E-state index in [0.717, 1.165) is 30.3 Å². The van der Waals surface area contributed by atoms with Gasteiger partial charge in [0.25, 0.3) is 23.0 Å². The molecule has 2 rings (SSSR count). The summed E-state index contributed by atoms with van der Waals surface area (Å²) in [6.45, 7) is 0. The maximum absolute atomic E-state index is 12.2. The molecule has 11 nitrogen and oxygen atoms in total. The van der Waals surface area contributed by atoms with E-state index in [2.05, 4.69) is 5.32 Å². The molecule has 0 bridgehead atoms. The highest BCUT2D eigenvalue weighted by atomic mass is 35.5. The lowest BCUT2D eigenvalue weighted by atomic mass is 10.1. The number of carbonyl (C=O) groups excluding carboxylic acids is 1. The lowest BCUT2D eigenvalue weighted by molar-refractivity contribution is -0.394. The number of hydrogen-bond donors (Lipinski definition) is 1.